The monoisotopic (exact) mass is 265 g/mol. The largest absolute Gasteiger partial charge is 0.396 e. The molecule has 0 atom stereocenters. The molecule has 0 aliphatic carbocycles. The van der Waals surface area contributed by atoms with Gasteiger partial charge in [-0.1, -0.05) is 17.7 Å². The van der Waals surface area contributed by atoms with Crippen molar-refractivity contribution in [2.24, 2.45) is 0 Å². The average Bonchev–Trinajstić information content (AvgIpc) is 2.34. The molecule has 2 rings (SSSR count). The van der Waals surface area contributed by atoms with E-state index in [1.54, 1.807) is 24.5 Å². The number of rotatable bonds is 3. The van der Waals surface area contributed by atoms with E-state index in [9.17, 15) is 4.39 Å². The number of halogens is 2. The lowest BCUT2D eigenvalue weighted by molar-refractivity contribution is 0.625. The molecule has 1 aromatic carbocycles. The second-order valence-corrected chi connectivity index (χ2v) is 4.45. The van der Waals surface area contributed by atoms with Gasteiger partial charge in [-0.05, 0) is 23.8 Å². The standard InChI is InChI=1S/C13H13ClFN3/c1-18(13-4-5-17-7-12(13)16)8-9-2-3-10(14)11(15)6-9/h2-7H,8,16H2,1H3. The van der Waals surface area contributed by atoms with Crippen molar-refractivity contribution in [1.29, 1.82) is 0 Å². The first-order chi connectivity index (χ1) is 8.58. The zero-order valence-corrected chi connectivity index (χ0v) is 10.7. The SMILES string of the molecule is CN(Cc1ccc(Cl)c(F)c1)c1ccncc1N. The topological polar surface area (TPSA) is 42.2 Å². The molecule has 94 valence electrons. The van der Waals surface area contributed by atoms with E-state index in [1.807, 2.05) is 18.0 Å². The third-order valence-electron chi connectivity index (χ3n) is 2.64. The summed E-state index contributed by atoms with van der Waals surface area (Å²) in [5.41, 5.74) is 8.11. The predicted octanol–water partition coefficient (Wildman–Crippen LogP) is 3.09. The maximum Gasteiger partial charge on any atom is 0.142 e. The Hall–Kier alpha value is -1.81. The van der Waals surface area contributed by atoms with Gasteiger partial charge in [-0.25, -0.2) is 4.39 Å². The number of nitrogen functional groups attached to an aromatic ring is 1. The minimum atomic E-state index is -0.412. The molecule has 0 saturated heterocycles. The van der Waals surface area contributed by atoms with Crippen molar-refractivity contribution in [1.82, 2.24) is 4.98 Å². The summed E-state index contributed by atoms with van der Waals surface area (Å²) in [6.07, 6.45) is 3.26. The second kappa shape index (κ2) is 5.23. The lowest BCUT2D eigenvalue weighted by atomic mass is 10.2. The molecule has 2 aromatic rings. The zero-order chi connectivity index (χ0) is 13.1. The highest BCUT2D eigenvalue weighted by Gasteiger charge is 2.07. The summed E-state index contributed by atoms with van der Waals surface area (Å²) >= 11 is 5.64. The number of anilines is 2. The molecule has 3 nitrogen and oxygen atoms in total. The van der Waals surface area contributed by atoms with Crippen LogP contribution in [0.15, 0.2) is 36.7 Å². The minimum Gasteiger partial charge on any atom is -0.396 e. The van der Waals surface area contributed by atoms with E-state index in [2.05, 4.69) is 4.98 Å². The Bertz CT molecular complexity index is 560. The van der Waals surface area contributed by atoms with Gasteiger partial charge in [0, 0.05) is 19.8 Å². The molecular formula is C13H13ClFN3. The van der Waals surface area contributed by atoms with Crippen LogP contribution in [-0.4, -0.2) is 12.0 Å². The van der Waals surface area contributed by atoms with E-state index in [1.165, 1.54) is 6.07 Å². The lowest BCUT2D eigenvalue weighted by Crippen LogP contribution is -2.18. The Kier molecular flexibility index (Phi) is 3.67. The first-order valence-corrected chi connectivity index (χ1v) is 5.80. The van der Waals surface area contributed by atoms with Gasteiger partial charge in [0.25, 0.3) is 0 Å². The molecule has 2 N–H and O–H groups in total. The van der Waals surface area contributed by atoms with E-state index < -0.39 is 5.82 Å². The maximum absolute atomic E-state index is 13.3. The van der Waals surface area contributed by atoms with Crippen molar-refractivity contribution >= 4 is 23.0 Å². The van der Waals surface area contributed by atoms with E-state index in [4.69, 9.17) is 17.3 Å². The van der Waals surface area contributed by atoms with Crippen molar-refractivity contribution in [3.63, 3.8) is 0 Å². The Labute approximate surface area is 110 Å². The molecule has 0 aliphatic heterocycles. The fourth-order valence-corrected chi connectivity index (χ4v) is 1.86. The summed E-state index contributed by atoms with van der Waals surface area (Å²) in [4.78, 5) is 5.86. The van der Waals surface area contributed by atoms with Crippen LogP contribution >= 0.6 is 11.6 Å². The van der Waals surface area contributed by atoms with Crippen LogP contribution in [0.1, 0.15) is 5.56 Å². The molecule has 18 heavy (non-hydrogen) atoms. The number of aromatic nitrogens is 1. The molecule has 0 radical (unpaired) electrons. The number of hydrogen-bond donors (Lipinski definition) is 1. The van der Waals surface area contributed by atoms with Crippen molar-refractivity contribution in [3.05, 3.63) is 53.1 Å². The van der Waals surface area contributed by atoms with Gasteiger partial charge < -0.3 is 10.6 Å². The molecule has 0 spiro atoms. The zero-order valence-electron chi connectivity index (χ0n) is 9.90. The van der Waals surface area contributed by atoms with Crippen LogP contribution in [0.3, 0.4) is 0 Å². The first kappa shape index (κ1) is 12.6. The normalized spacial score (nSPS) is 10.4. The van der Waals surface area contributed by atoms with Gasteiger partial charge in [-0.3, -0.25) is 4.98 Å². The van der Waals surface area contributed by atoms with Crippen molar-refractivity contribution in [2.75, 3.05) is 17.7 Å². The minimum absolute atomic E-state index is 0.129. The summed E-state index contributed by atoms with van der Waals surface area (Å²) < 4.78 is 13.3. The highest BCUT2D eigenvalue weighted by atomic mass is 35.5. The summed E-state index contributed by atoms with van der Waals surface area (Å²) in [5.74, 6) is -0.412. The molecule has 0 amide bonds. The van der Waals surface area contributed by atoms with Crippen molar-refractivity contribution in [3.8, 4) is 0 Å². The quantitative estimate of drug-likeness (QED) is 0.927. The molecule has 5 heteroatoms. The van der Waals surface area contributed by atoms with Gasteiger partial charge in [0.1, 0.15) is 5.82 Å². The maximum atomic E-state index is 13.3. The second-order valence-electron chi connectivity index (χ2n) is 4.04. The number of pyridine rings is 1. The fraction of sp³-hybridized carbons (Fsp3) is 0.154. The Morgan fingerprint density at radius 1 is 1.39 bits per heavy atom. The van der Waals surface area contributed by atoms with Gasteiger partial charge in [0.15, 0.2) is 0 Å². The average molecular weight is 266 g/mol. The molecular weight excluding hydrogens is 253 g/mol. The predicted molar refractivity (Wildman–Crippen MR) is 72.2 cm³/mol. The van der Waals surface area contributed by atoms with Crippen LogP contribution in [0, 0.1) is 5.82 Å². The van der Waals surface area contributed by atoms with Gasteiger partial charge in [-0.15, -0.1) is 0 Å². The van der Waals surface area contributed by atoms with Crippen LogP contribution in [0.4, 0.5) is 15.8 Å². The number of benzene rings is 1. The summed E-state index contributed by atoms with van der Waals surface area (Å²) in [6.45, 7) is 0.544. The van der Waals surface area contributed by atoms with E-state index in [-0.39, 0.29) is 5.02 Å². The summed E-state index contributed by atoms with van der Waals surface area (Å²) in [5, 5.41) is 0.129. The molecule has 0 unspecified atom stereocenters. The van der Waals surface area contributed by atoms with Crippen molar-refractivity contribution < 1.29 is 4.39 Å². The van der Waals surface area contributed by atoms with Crippen LogP contribution in [0.2, 0.25) is 5.02 Å². The van der Waals surface area contributed by atoms with E-state index in [0.29, 0.717) is 12.2 Å². The van der Waals surface area contributed by atoms with Crippen LogP contribution < -0.4 is 10.6 Å². The first-order valence-electron chi connectivity index (χ1n) is 5.42. The molecule has 0 bridgehead atoms. The Balaban J connectivity index is 2.19. The number of nitrogens with two attached hydrogens (primary N) is 1. The van der Waals surface area contributed by atoms with Gasteiger partial charge in [-0.2, -0.15) is 0 Å². The fourth-order valence-electron chi connectivity index (χ4n) is 1.74. The van der Waals surface area contributed by atoms with Gasteiger partial charge in [0.05, 0.1) is 22.6 Å². The molecule has 0 fully saturated rings. The van der Waals surface area contributed by atoms with Crippen molar-refractivity contribution in [2.45, 2.75) is 6.54 Å². The Morgan fingerprint density at radius 3 is 2.83 bits per heavy atom. The molecule has 1 aromatic heterocycles. The van der Waals surface area contributed by atoms with Crippen LogP contribution in [0.25, 0.3) is 0 Å². The van der Waals surface area contributed by atoms with E-state index in [0.717, 1.165) is 11.3 Å². The molecule has 0 saturated carbocycles. The summed E-state index contributed by atoms with van der Waals surface area (Å²) in [7, 11) is 1.89. The summed E-state index contributed by atoms with van der Waals surface area (Å²) in [6, 6.07) is 6.59. The Morgan fingerprint density at radius 2 is 2.17 bits per heavy atom. The van der Waals surface area contributed by atoms with Gasteiger partial charge in [0.2, 0.25) is 0 Å². The third kappa shape index (κ3) is 2.71. The lowest BCUT2D eigenvalue weighted by Gasteiger charge is -2.20. The number of hydrogen-bond acceptors (Lipinski definition) is 3. The van der Waals surface area contributed by atoms with Crippen LogP contribution in [0.5, 0.6) is 0 Å². The van der Waals surface area contributed by atoms with Crippen LogP contribution in [-0.2, 0) is 6.54 Å². The number of nitrogens with zero attached hydrogens (tertiary/aromatic N) is 2. The molecule has 0 aliphatic rings. The van der Waals surface area contributed by atoms with Gasteiger partial charge >= 0.3 is 0 Å². The van der Waals surface area contributed by atoms with E-state index >= 15 is 0 Å². The highest BCUT2D eigenvalue weighted by Crippen LogP contribution is 2.23. The smallest absolute Gasteiger partial charge is 0.142 e. The third-order valence-corrected chi connectivity index (χ3v) is 2.95. The highest BCUT2D eigenvalue weighted by molar-refractivity contribution is 6.30. The molecule has 1 heterocycles.